The summed E-state index contributed by atoms with van der Waals surface area (Å²) in [4.78, 5) is 26.4. The molecule has 0 spiro atoms. The van der Waals surface area contributed by atoms with E-state index in [0.717, 1.165) is 17.0 Å². The molecule has 2 unspecified atom stereocenters. The van der Waals surface area contributed by atoms with Crippen molar-refractivity contribution in [3.8, 4) is 0 Å². The van der Waals surface area contributed by atoms with Crippen LogP contribution < -0.4 is 5.32 Å². The second kappa shape index (κ2) is 9.86. The second-order valence-electron chi connectivity index (χ2n) is 7.63. The number of aryl methyl sites for hydroxylation is 1. The zero-order chi connectivity index (χ0) is 21.7. The number of hydrogen-bond acceptors (Lipinski definition) is 6. The lowest BCUT2D eigenvalue weighted by Crippen LogP contribution is -2.43. The maximum Gasteiger partial charge on any atom is 0.323 e. The molecule has 8 nitrogen and oxygen atoms in total. The van der Waals surface area contributed by atoms with Crippen LogP contribution in [0.25, 0.3) is 0 Å². The Morgan fingerprint density at radius 1 is 1.20 bits per heavy atom. The molecule has 1 N–H and O–H groups in total. The third-order valence-electron chi connectivity index (χ3n) is 5.69. The molecule has 0 saturated carbocycles. The molecule has 1 amide bonds. The van der Waals surface area contributed by atoms with Crippen molar-refractivity contribution in [1.82, 2.24) is 20.0 Å². The summed E-state index contributed by atoms with van der Waals surface area (Å²) in [5.74, 6) is -0.480. The molecule has 2 aromatic rings. The van der Waals surface area contributed by atoms with E-state index in [1.54, 1.807) is 7.11 Å². The Labute approximate surface area is 177 Å². The molecule has 3 rings (SSSR count). The van der Waals surface area contributed by atoms with Crippen molar-refractivity contribution in [1.29, 1.82) is 0 Å². The van der Waals surface area contributed by atoms with Gasteiger partial charge in [0.25, 0.3) is 0 Å². The molecule has 0 bridgehead atoms. The van der Waals surface area contributed by atoms with Gasteiger partial charge >= 0.3 is 5.97 Å². The van der Waals surface area contributed by atoms with Crippen LogP contribution in [0.15, 0.2) is 30.3 Å². The average Bonchev–Trinajstić information content (AvgIpc) is 3.27. The molecule has 1 fully saturated rings. The molecule has 8 heteroatoms. The molecule has 0 aliphatic carbocycles. The quantitative estimate of drug-likeness (QED) is 0.658. The first kappa shape index (κ1) is 22.0. The van der Waals surface area contributed by atoms with Crippen molar-refractivity contribution in [2.75, 3.05) is 27.3 Å². The first-order chi connectivity index (χ1) is 14.4. The number of aromatic nitrogens is 2. The van der Waals surface area contributed by atoms with Crippen LogP contribution in [0, 0.1) is 13.8 Å². The zero-order valence-electron chi connectivity index (χ0n) is 18.1. The predicted molar refractivity (Wildman–Crippen MR) is 112 cm³/mol. The third-order valence-corrected chi connectivity index (χ3v) is 5.69. The van der Waals surface area contributed by atoms with Gasteiger partial charge in [0.2, 0.25) is 5.91 Å². The lowest BCUT2D eigenvalue weighted by molar-refractivity contribution is -0.146. The normalized spacial score (nSPS) is 19.1. The van der Waals surface area contributed by atoms with Gasteiger partial charge in [0.1, 0.15) is 6.04 Å². The number of carbonyl (C=O) groups excluding carboxylic acids is 2. The minimum Gasteiger partial charge on any atom is -0.468 e. The summed E-state index contributed by atoms with van der Waals surface area (Å²) < 4.78 is 12.2. The number of likely N-dealkylation sites (tertiary alicyclic amines) is 1. The third kappa shape index (κ3) is 5.06. The van der Waals surface area contributed by atoms with E-state index in [1.165, 1.54) is 12.7 Å². The molecule has 1 aliphatic heterocycles. The van der Waals surface area contributed by atoms with E-state index in [0.29, 0.717) is 26.1 Å². The summed E-state index contributed by atoms with van der Waals surface area (Å²) >= 11 is 0. The summed E-state index contributed by atoms with van der Waals surface area (Å²) in [6.07, 6.45) is 0.448. The highest BCUT2D eigenvalue weighted by Gasteiger charge is 2.38. The number of nitrogens with zero attached hydrogens (tertiary/aromatic N) is 3. The van der Waals surface area contributed by atoms with Crippen LogP contribution in [0.2, 0.25) is 0 Å². The van der Waals surface area contributed by atoms with Crippen molar-refractivity contribution in [3.05, 3.63) is 52.8 Å². The van der Waals surface area contributed by atoms with Gasteiger partial charge in [0, 0.05) is 37.9 Å². The largest absolute Gasteiger partial charge is 0.468 e. The minimum atomic E-state index is -0.456. The van der Waals surface area contributed by atoms with Crippen LogP contribution in [-0.4, -0.2) is 66.0 Å². The summed E-state index contributed by atoms with van der Waals surface area (Å²) in [5, 5.41) is 7.60. The van der Waals surface area contributed by atoms with Crippen LogP contribution in [-0.2, 0) is 32.2 Å². The highest BCUT2D eigenvalue weighted by atomic mass is 16.5. The van der Waals surface area contributed by atoms with Gasteiger partial charge in [0.05, 0.1) is 32.0 Å². The van der Waals surface area contributed by atoms with E-state index in [1.807, 2.05) is 41.6 Å². The van der Waals surface area contributed by atoms with E-state index in [-0.39, 0.29) is 24.5 Å². The predicted octanol–water partition coefficient (Wildman–Crippen LogP) is 1.43. The van der Waals surface area contributed by atoms with Crippen molar-refractivity contribution < 1.29 is 19.1 Å². The van der Waals surface area contributed by atoms with Gasteiger partial charge in [-0.1, -0.05) is 30.3 Å². The van der Waals surface area contributed by atoms with Gasteiger partial charge in [-0.25, -0.2) is 0 Å². The highest BCUT2D eigenvalue weighted by molar-refractivity contribution is 5.81. The van der Waals surface area contributed by atoms with E-state index < -0.39 is 6.04 Å². The second-order valence-corrected chi connectivity index (χ2v) is 7.63. The maximum atomic E-state index is 12.6. The van der Waals surface area contributed by atoms with Gasteiger partial charge in [0.15, 0.2) is 0 Å². The van der Waals surface area contributed by atoms with Crippen LogP contribution in [0.5, 0.6) is 0 Å². The number of nitrogens with one attached hydrogen (secondary N) is 1. The summed E-state index contributed by atoms with van der Waals surface area (Å²) in [6.45, 7) is 5.70. The number of ether oxygens (including phenoxy) is 2. The van der Waals surface area contributed by atoms with Crippen molar-refractivity contribution in [2.45, 2.75) is 45.5 Å². The summed E-state index contributed by atoms with van der Waals surface area (Å²) in [7, 11) is 2.97. The Kier molecular flexibility index (Phi) is 7.23. The number of amides is 1. The lowest BCUT2D eigenvalue weighted by Gasteiger charge is -2.21. The molecular weight excluding hydrogens is 384 g/mol. The molecule has 1 aliphatic rings. The Bertz CT molecular complexity index is 881. The Morgan fingerprint density at radius 3 is 2.60 bits per heavy atom. The Hall–Kier alpha value is -2.71. The number of esters is 1. The summed E-state index contributed by atoms with van der Waals surface area (Å²) in [6, 6.07) is 9.69. The van der Waals surface area contributed by atoms with E-state index in [2.05, 4.69) is 22.5 Å². The minimum absolute atomic E-state index is 0.0809. The SMILES string of the molecule is COC(=O)C1CC(OC)CN1CC(=O)NCc1c(C)nn(Cc2ccccc2)c1C. The molecule has 30 heavy (non-hydrogen) atoms. The van der Waals surface area contributed by atoms with Gasteiger partial charge in [-0.3, -0.25) is 19.2 Å². The van der Waals surface area contributed by atoms with E-state index >= 15 is 0 Å². The molecule has 2 atom stereocenters. The standard InChI is InChI=1S/C22H30N4O4/c1-15-19(16(2)26(24-15)12-17-8-6-5-7-9-17)11-23-21(27)14-25-13-18(29-3)10-20(25)22(28)30-4/h5-9,18,20H,10-14H2,1-4H3,(H,23,27). The van der Waals surface area contributed by atoms with Crippen LogP contribution in [0.3, 0.4) is 0 Å². The van der Waals surface area contributed by atoms with Crippen LogP contribution in [0.4, 0.5) is 0 Å². The molecule has 1 saturated heterocycles. The van der Waals surface area contributed by atoms with Gasteiger partial charge < -0.3 is 14.8 Å². The number of carbonyl (C=O) groups is 2. The Morgan fingerprint density at radius 2 is 1.93 bits per heavy atom. The fraction of sp³-hybridized carbons (Fsp3) is 0.500. The monoisotopic (exact) mass is 414 g/mol. The number of benzene rings is 1. The maximum absolute atomic E-state index is 12.6. The topological polar surface area (TPSA) is 85.7 Å². The zero-order valence-corrected chi connectivity index (χ0v) is 18.1. The van der Waals surface area contributed by atoms with Crippen molar-refractivity contribution >= 4 is 11.9 Å². The first-order valence-corrected chi connectivity index (χ1v) is 10.1. The molecule has 2 heterocycles. The van der Waals surface area contributed by atoms with Crippen molar-refractivity contribution in [2.24, 2.45) is 0 Å². The van der Waals surface area contributed by atoms with Crippen molar-refractivity contribution in [3.63, 3.8) is 0 Å². The van der Waals surface area contributed by atoms with E-state index in [4.69, 9.17) is 9.47 Å². The van der Waals surface area contributed by atoms with Gasteiger partial charge in [-0.2, -0.15) is 5.10 Å². The highest BCUT2D eigenvalue weighted by Crippen LogP contribution is 2.21. The van der Waals surface area contributed by atoms with Crippen LogP contribution in [0.1, 0.15) is 28.9 Å². The van der Waals surface area contributed by atoms with Gasteiger partial charge in [-0.15, -0.1) is 0 Å². The number of rotatable bonds is 8. The molecule has 0 radical (unpaired) electrons. The van der Waals surface area contributed by atoms with Crippen LogP contribution >= 0.6 is 0 Å². The molecule has 1 aromatic carbocycles. The van der Waals surface area contributed by atoms with E-state index in [9.17, 15) is 9.59 Å². The molecular formula is C22H30N4O4. The fourth-order valence-electron chi connectivity index (χ4n) is 3.92. The Balaban J connectivity index is 1.60. The molecule has 1 aromatic heterocycles. The first-order valence-electron chi connectivity index (χ1n) is 10.1. The van der Waals surface area contributed by atoms with Gasteiger partial charge in [-0.05, 0) is 19.4 Å². The lowest BCUT2D eigenvalue weighted by atomic mass is 10.2. The molecule has 162 valence electrons. The number of hydrogen-bond donors (Lipinski definition) is 1. The summed E-state index contributed by atoms with van der Waals surface area (Å²) in [5.41, 5.74) is 4.12. The fourth-order valence-corrected chi connectivity index (χ4v) is 3.92. The smallest absolute Gasteiger partial charge is 0.323 e. The number of methoxy groups -OCH3 is 2. The average molecular weight is 415 g/mol.